The summed E-state index contributed by atoms with van der Waals surface area (Å²) in [6.07, 6.45) is 11.0. The Kier molecular flexibility index (Phi) is 18.7. The molecular formula is C24H49NO8P+. The molecule has 0 aromatic carbocycles. The van der Waals surface area contributed by atoms with E-state index in [1.165, 1.54) is 44.9 Å². The summed E-state index contributed by atoms with van der Waals surface area (Å²) in [5.41, 5.74) is 0. The summed E-state index contributed by atoms with van der Waals surface area (Å²) in [4.78, 5) is 33.6. The number of nitrogens with zero attached hydrogens (tertiary/aromatic N) is 1. The second kappa shape index (κ2) is 19.2. The van der Waals surface area contributed by atoms with E-state index in [2.05, 4.69) is 6.92 Å². The van der Waals surface area contributed by atoms with Gasteiger partial charge in [0.2, 0.25) is 0 Å². The second-order valence-electron chi connectivity index (χ2n) is 9.69. The molecule has 202 valence electrons. The molecule has 0 bridgehead atoms. The molecule has 10 heteroatoms. The van der Waals surface area contributed by atoms with E-state index in [1.807, 2.05) is 21.1 Å². The summed E-state index contributed by atoms with van der Waals surface area (Å²) in [7, 11) is 1.47. The van der Waals surface area contributed by atoms with Gasteiger partial charge in [0.1, 0.15) is 19.8 Å². The van der Waals surface area contributed by atoms with E-state index in [-0.39, 0.29) is 26.1 Å². The zero-order valence-corrected chi connectivity index (χ0v) is 23.0. The number of ether oxygens (including phenoxy) is 2. The van der Waals surface area contributed by atoms with Crippen molar-refractivity contribution in [1.82, 2.24) is 0 Å². The van der Waals surface area contributed by atoms with E-state index < -0.39 is 32.5 Å². The molecule has 9 nitrogen and oxygen atoms in total. The monoisotopic (exact) mass is 510 g/mol. The Morgan fingerprint density at radius 2 is 1.38 bits per heavy atom. The number of hydrogen-bond donors (Lipinski definition) is 1. The second-order valence-corrected chi connectivity index (χ2v) is 11.1. The van der Waals surface area contributed by atoms with Crippen molar-refractivity contribution in [1.29, 1.82) is 0 Å². The van der Waals surface area contributed by atoms with E-state index in [0.29, 0.717) is 17.4 Å². The Balaban J connectivity index is 4.31. The van der Waals surface area contributed by atoms with Crippen LogP contribution in [0.3, 0.4) is 0 Å². The molecule has 0 aromatic heterocycles. The lowest BCUT2D eigenvalue weighted by molar-refractivity contribution is -0.870. The summed E-state index contributed by atoms with van der Waals surface area (Å²) in [6.45, 7) is 3.76. The zero-order chi connectivity index (χ0) is 25.9. The maximum atomic E-state index is 12.2. The topological polar surface area (TPSA) is 108 Å². The van der Waals surface area contributed by atoms with Crippen molar-refractivity contribution in [2.75, 3.05) is 47.5 Å². The molecule has 0 saturated carbocycles. The van der Waals surface area contributed by atoms with Gasteiger partial charge in [0.25, 0.3) is 0 Å². The van der Waals surface area contributed by atoms with Crippen molar-refractivity contribution in [3.63, 3.8) is 0 Å². The van der Waals surface area contributed by atoms with Crippen LogP contribution >= 0.6 is 7.82 Å². The fourth-order valence-electron chi connectivity index (χ4n) is 3.05. The van der Waals surface area contributed by atoms with Crippen LogP contribution in [0.5, 0.6) is 0 Å². The lowest BCUT2D eigenvalue weighted by Crippen LogP contribution is -2.37. The fourth-order valence-corrected chi connectivity index (χ4v) is 3.79. The number of esters is 2. The minimum Gasteiger partial charge on any atom is -0.462 e. The Morgan fingerprint density at radius 3 is 1.91 bits per heavy atom. The summed E-state index contributed by atoms with van der Waals surface area (Å²) in [5.74, 6) is -0.901. The van der Waals surface area contributed by atoms with E-state index in [9.17, 15) is 19.0 Å². The average molecular weight is 511 g/mol. The van der Waals surface area contributed by atoms with Crippen LogP contribution in [0.1, 0.15) is 90.9 Å². The third-order valence-electron chi connectivity index (χ3n) is 5.19. The quantitative estimate of drug-likeness (QED) is 0.0938. The van der Waals surface area contributed by atoms with Crippen LogP contribution < -0.4 is 0 Å². The van der Waals surface area contributed by atoms with Crippen molar-refractivity contribution >= 4 is 19.8 Å². The number of rotatable bonds is 22. The predicted molar refractivity (Wildman–Crippen MR) is 132 cm³/mol. The third kappa shape index (κ3) is 21.5. The number of carbonyl (C=O) groups excluding carboxylic acids is 2. The van der Waals surface area contributed by atoms with Crippen LogP contribution in [0, 0.1) is 0 Å². The van der Waals surface area contributed by atoms with Gasteiger partial charge in [-0.1, -0.05) is 71.6 Å². The van der Waals surface area contributed by atoms with Crippen LogP contribution in [0.2, 0.25) is 0 Å². The molecule has 34 heavy (non-hydrogen) atoms. The molecule has 1 unspecified atom stereocenters. The number of likely N-dealkylation sites (N-methyl/N-ethyl adjacent to an activating group) is 1. The molecular weight excluding hydrogens is 461 g/mol. The van der Waals surface area contributed by atoms with Gasteiger partial charge in [-0.3, -0.25) is 18.6 Å². The van der Waals surface area contributed by atoms with Crippen molar-refractivity contribution in [2.24, 2.45) is 0 Å². The molecule has 0 radical (unpaired) electrons. The molecule has 0 amide bonds. The number of carbonyl (C=O) groups is 2. The first-order valence-electron chi connectivity index (χ1n) is 12.8. The highest BCUT2D eigenvalue weighted by Crippen LogP contribution is 2.43. The Hall–Kier alpha value is -0.990. The first-order valence-corrected chi connectivity index (χ1v) is 14.3. The SMILES string of the molecule is CCCCCCCCCCCCC(=O)O[C@@H](COC(=O)CC)COP(=O)(O)OCC[N+](C)(C)C. The van der Waals surface area contributed by atoms with Crippen LogP contribution in [0.15, 0.2) is 0 Å². The van der Waals surface area contributed by atoms with Gasteiger partial charge in [0.15, 0.2) is 6.10 Å². The zero-order valence-electron chi connectivity index (χ0n) is 22.1. The molecule has 0 spiro atoms. The molecule has 0 aliphatic rings. The van der Waals surface area contributed by atoms with E-state index in [1.54, 1.807) is 6.92 Å². The number of unbranched alkanes of at least 4 members (excludes halogenated alkanes) is 9. The van der Waals surface area contributed by atoms with Crippen molar-refractivity contribution < 1.29 is 42.1 Å². The lowest BCUT2D eigenvalue weighted by Gasteiger charge is -2.24. The summed E-state index contributed by atoms with van der Waals surface area (Å²) in [5, 5.41) is 0. The van der Waals surface area contributed by atoms with E-state index in [0.717, 1.165) is 12.8 Å². The molecule has 2 atom stereocenters. The van der Waals surface area contributed by atoms with Gasteiger partial charge in [-0.2, -0.15) is 0 Å². The largest absolute Gasteiger partial charge is 0.472 e. The molecule has 0 heterocycles. The van der Waals surface area contributed by atoms with Gasteiger partial charge in [-0.15, -0.1) is 0 Å². The van der Waals surface area contributed by atoms with Crippen LogP contribution in [-0.2, 0) is 32.7 Å². The Labute approximate surface area is 206 Å². The van der Waals surface area contributed by atoms with E-state index >= 15 is 0 Å². The number of phosphoric acid groups is 1. The van der Waals surface area contributed by atoms with Gasteiger partial charge in [0.05, 0.1) is 27.7 Å². The van der Waals surface area contributed by atoms with Crippen molar-refractivity contribution in [3.05, 3.63) is 0 Å². The minimum absolute atomic E-state index is 0.0330. The molecule has 0 rings (SSSR count). The van der Waals surface area contributed by atoms with Gasteiger partial charge < -0.3 is 18.9 Å². The van der Waals surface area contributed by atoms with E-state index in [4.69, 9.17) is 18.5 Å². The van der Waals surface area contributed by atoms with Crippen LogP contribution in [0.25, 0.3) is 0 Å². The van der Waals surface area contributed by atoms with Gasteiger partial charge in [-0.05, 0) is 6.42 Å². The molecule has 0 saturated heterocycles. The standard InChI is InChI=1S/C24H48NO8P/c1-6-8-9-10-11-12-13-14-15-16-17-24(27)33-22(20-30-23(26)7-2)21-32-34(28,29)31-19-18-25(3,4)5/h22H,6-21H2,1-5H3/p+1/t22-/m0/s1. The average Bonchev–Trinajstić information content (AvgIpc) is 2.75. The molecule has 0 aliphatic heterocycles. The molecule has 0 aromatic rings. The maximum Gasteiger partial charge on any atom is 0.472 e. The summed E-state index contributed by atoms with van der Waals surface area (Å²) in [6, 6.07) is 0. The van der Waals surface area contributed by atoms with Crippen molar-refractivity contribution in [2.45, 2.75) is 97.0 Å². The van der Waals surface area contributed by atoms with Gasteiger partial charge >= 0.3 is 19.8 Å². The number of quaternary nitrogens is 1. The highest BCUT2D eigenvalue weighted by atomic mass is 31.2. The molecule has 0 fully saturated rings. The summed E-state index contributed by atoms with van der Waals surface area (Å²) >= 11 is 0. The van der Waals surface area contributed by atoms with Crippen LogP contribution in [0.4, 0.5) is 0 Å². The highest BCUT2D eigenvalue weighted by Gasteiger charge is 2.26. The molecule has 0 aliphatic carbocycles. The lowest BCUT2D eigenvalue weighted by atomic mass is 10.1. The van der Waals surface area contributed by atoms with Gasteiger partial charge in [0, 0.05) is 12.8 Å². The molecule has 1 N–H and O–H groups in total. The fraction of sp³-hybridized carbons (Fsp3) is 0.917. The normalized spacial score (nSPS) is 14.4. The first kappa shape index (κ1) is 33.0. The summed E-state index contributed by atoms with van der Waals surface area (Å²) < 4.78 is 33.0. The van der Waals surface area contributed by atoms with Crippen LogP contribution in [-0.4, -0.2) is 74.9 Å². The minimum atomic E-state index is -4.32. The number of hydrogen-bond acceptors (Lipinski definition) is 7. The third-order valence-corrected chi connectivity index (χ3v) is 6.18. The van der Waals surface area contributed by atoms with Gasteiger partial charge in [-0.25, -0.2) is 4.57 Å². The number of phosphoric ester groups is 1. The van der Waals surface area contributed by atoms with Crippen molar-refractivity contribution in [3.8, 4) is 0 Å². The Morgan fingerprint density at radius 1 is 0.824 bits per heavy atom. The first-order chi connectivity index (χ1) is 16.0. The highest BCUT2D eigenvalue weighted by molar-refractivity contribution is 7.47. The smallest absolute Gasteiger partial charge is 0.462 e. The Bertz CT molecular complexity index is 594. The maximum absolute atomic E-state index is 12.2. The predicted octanol–water partition coefficient (Wildman–Crippen LogP) is 5.00.